The maximum absolute atomic E-state index is 12.2. The summed E-state index contributed by atoms with van der Waals surface area (Å²) in [7, 11) is 0. The second-order valence-electron chi connectivity index (χ2n) is 6.87. The number of hydrogen-bond acceptors (Lipinski definition) is 6. The summed E-state index contributed by atoms with van der Waals surface area (Å²) in [4.78, 5) is 16.9. The Labute approximate surface area is 164 Å². The fourth-order valence-corrected chi connectivity index (χ4v) is 3.44. The lowest BCUT2D eigenvalue weighted by atomic mass is 10.2. The molecule has 1 saturated heterocycles. The number of nitrogens with zero attached hydrogens (tertiary/aromatic N) is 4. The fraction of sp³-hybridized carbons (Fsp3) is 0.286. The minimum Gasteiger partial charge on any atom is -0.369 e. The van der Waals surface area contributed by atoms with Crippen LogP contribution in [0.2, 0.25) is 0 Å². The zero-order valence-corrected chi connectivity index (χ0v) is 15.7. The largest absolute Gasteiger partial charge is 0.369 e. The van der Waals surface area contributed by atoms with Gasteiger partial charge in [0.25, 0.3) is 0 Å². The average Bonchev–Trinajstić information content (AvgIpc) is 2.77. The Hall–Kier alpha value is -3.19. The Morgan fingerprint density at radius 3 is 2.54 bits per heavy atom. The summed E-state index contributed by atoms with van der Waals surface area (Å²) in [6.07, 6.45) is 2.15. The first-order valence-electron chi connectivity index (χ1n) is 9.57. The van der Waals surface area contributed by atoms with E-state index in [0.717, 1.165) is 43.5 Å². The molecule has 1 amide bonds. The number of amides is 1. The number of benzene rings is 2. The van der Waals surface area contributed by atoms with Crippen LogP contribution in [-0.2, 0) is 4.79 Å². The standard InChI is InChI=1S/C21H24N6O/c28-20(23-25-21-19-9-5-4-6-17(19)16-22-24-21)10-11-26-12-14-27(15-13-26)18-7-2-1-3-8-18/h1-9,16H,10-15H2,(H,23,28)(H,24,25). The molecular formula is C21H24N6O. The summed E-state index contributed by atoms with van der Waals surface area (Å²) >= 11 is 0. The van der Waals surface area contributed by atoms with Gasteiger partial charge in [-0.2, -0.15) is 5.10 Å². The molecule has 0 bridgehead atoms. The first-order chi connectivity index (χ1) is 13.8. The maximum atomic E-state index is 12.2. The molecule has 7 nitrogen and oxygen atoms in total. The molecule has 7 heteroatoms. The lowest BCUT2D eigenvalue weighted by molar-refractivity contribution is -0.120. The Morgan fingerprint density at radius 2 is 1.71 bits per heavy atom. The summed E-state index contributed by atoms with van der Waals surface area (Å²) in [6, 6.07) is 18.3. The third-order valence-corrected chi connectivity index (χ3v) is 5.04. The molecule has 1 fully saturated rings. The molecule has 28 heavy (non-hydrogen) atoms. The monoisotopic (exact) mass is 376 g/mol. The summed E-state index contributed by atoms with van der Waals surface area (Å²) < 4.78 is 0. The van der Waals surface area contributed by atoms with Gasteiger partial charge in [-0.15, -0.1) is 5.10 Å². The number of hydrazine groups is 1. The Balaban J connectivity index is 1.22. The van der Waals surface area contributed by atoms with Crippen LogP contribution in [0.15, 0.2) is 60.8 Å². The number of carbonyl (C=O) groups excluding carboxylic acids is 1. The van der Waals surface area contributed by atoms with Gasteiger partial charge in [0.15, 0.2) is 5.82 Å². The molecular weight excluding hydrogens is 352 g/mol. The van der Waals surface area contributed by atoms with Gasteiger partial charge in [-0.05, 0) is 12.1 Å². The predicted octanol–water partition coefficient (Wildman–Crippen LogP) is 2.29. The topological polar surface area (TPSA) is 73.4 Å². The second-order valence-corrected chi connectivity index (χ2v) is 6.87. The third-order valence-electron chi connectivity index (χ3n) is 5.04. The zero-order valence-electron chi connectivity index (χ0n) is 15.7. The first-order valence-corrected chi connectivity index (χ1v) is 9.57. The van der Waals surface area contributed by atoms with Crippen molar-refractivity contribution in [3.63, 3.8) is 0 Å². The molecule has 0 saturated carbocycles. The summed E-state index contributed by atoms with van der Waals surface area (Å²) in [5.74, 6) is 0.503. The highest BCUT2D eigenvalue weighted by atomic mass is 16.2. The SMILES string of the molecule is O=C(CCN1CCN(c2ccccc2)CC1)NNc1nncc2ccccc12. The van der Waals surface area contributed by atoms with Crippen molar-refractivity contribution in [3.8, 4) is 0 Å². The summed E-state index contributed by atoms with van der Waals surface area (Å²) in [6.45, 7) is 4.64. The van der Waals surface area contributed by atoms with Gasteiger partial charge in [0.1, 0.15) is 0 Å². The van der Waals surface area contributed by atoms with Crippen molar-refractivity contribution in [1.82, 2.24) is 20.5 Å². The van der Waals surface area contributed by atoms with Crippen LogP contribution in [0.1, 0.15) is 6.42 Å². The van der Waals surface area contributed by atoms with Crippen LogP contribution in [0.25, 0.3) is 10.8 Å². The van der Waals surface area contributed by atoms with E-state index in [1.807, 2.05) is 30.3 Å². The van der Waals surface area contributed by atoms with Crippen LogP contribution in [-0.4, -0.2) is 53.7 Å². The van der Waals surface area contributed by atoms with Crippen LogP contribution in [0, 0.1) is 0 Å². The minimum atomic E-state index is -0.0553. The highest BCUT2D eigenvalue weighted by molar-refractivity contribution is 5.91. The van der Waals surface area contributed by atoms with E-state index in [9.17, 15) is 4.79 Å². The number of carbonyl (C=O) groups is 1. The van der Waals surface area contributed by atoms with Crippen molar-refractivity contribution in [2.45, 2.75) is 6.42 Å². The number of para-hydroxylation sites is 1. The number of hydrogen-bond donors (Lipinski definition) is 2. The van der Waals surface area contributed by atoms with Gasteiger partial charge < -0.3 is 4.90 Å². The van der Waals surface area contributed by atoms with E-state index in [1.54, 1.807) is 6.20 Å². The number of aromatic nitrogens is 2. The Morgan fingerprint density at radius 1 is 0.964 bits per heavy atom. The van der Waals surface area contributed by atoms with Gasteiger partial charge in [-0.3, -0.25) is 20.5 Å². The quantitative estimate of drug-likeness (QED) is 0.643. The van der Waals surface area contributed by atoms with Gasteiger partial charge >= 0.3 is 0 Å². The van der Waals surface area contributed by atoms with Crippen molar-refractivity contribution in [2.75, 3.05) is 43.0 Å². The number of rotatable bonds is 6. The van der Waals surface area contributed by atoms with E-state index in [0.29, 0.717) is 12.2 Å². The number of nitrogens with one attached hydrogen (secondary N) is 2. The number of anilines is 2. The van der Waals surface area contributed by atoms with E-state index in [-0.39, 0.29) is 5.91 Å². The predicted molar refractivity (Wildman–Crippen MR) is 111 cm³/mol. The smallest absolute Gasteiger partial charge is 0.239 e. The van der Waals surface area contributed by atoms with E-state index < -0.39 is 0 Å². The normalized spacial score (nSPS) is 14.8. The van der Waals surface area contributed by atoms with Gasteiger partial charge in [0.05, 0.1) is 6.20 Å². The molecule has 0 atom stereocenters. The van der Waals surface area contributed by atoms with Gasteiger partial charge in [-0.25, -0.2) is 0 Å². The summed E-state index contributed by atoms with van der Waals surface area (Å²) in [5.41, 5.74) is 6.90. The molecule has 2 N–H and O–H groups in total. The van der Waals surface area contributed by atoms with E-state index >= 15 is 0 Å². The van der Waals surface area contributed by atoms with Crippen molar-refractivity contribution >= 4 is 28.2 Å². The van der Waals surface area contributed by atoms with Crippen LogP contribution in [0.5, 0.6) is 0 Å². The van der Waals surface area contributed by atoms with Crippen molar-refractivity contribution < 1.29 is 4.79 Å². The second kappa shape index (κ2) is 8.67. The summed E-state index contributed by atoms with van der Waals surface area (Å²) in [5, 5.41) is 9.94. The third kappa shape index (κ3) is 4.37. The maximum Gasteiger partial charge on any atom is 0.239 e. The molecule has 3 aromatic rings. The van der Waals surface area contributed by atoms with Crippen molar-refractivity contribution in [2.24, 2.45) is 0 Å². The highest BCUT2D eigenvalue weighted by Crippen LogP contribution is 2.18. The van der Waals surface area contributed by atoms with Crippen molar-refractivity contribution in [1.29, 1.82) is 0 Å². The Kier molecular flexibility index (Phi) is 5.63. The van der Waals surface area contributed by atoms with Crippen LogP contribution < -0.4 is 15.8 Å². The molecule has 2 heterocycles. The lowest BCUT2D eigenvalue weighted by Gasteiger charge is -2.36. The molecule has 1 aliphatic heterocycles. The van der Waals surface area contributed by atoms with Gasteiger partial charge in [-0.1, -0.05) is 42.5 Å². The molecule has 0 unspecified atom stereocenters. The average molecular weight is 376 g/mol. The zero-order chi connectivity index (χ0) is 19.2. The molecule has 144 valence electrons. The molecule has 1 aromatic heterocycles. The highest BCUT2D eigenvalue weighted by Gasteiger charge is 2.17. The number of fused-ring (bicyclic) bond motifs is 1. The fourth-order valence-electron chi connectivity index (χ4n) is 3.44. The van der Waals surface area contributed by atoms with E-state index in [2.05, 4.69) is 55.1 Å². The van der Waals surface area contributed by atoms with Crippen LogP contribution in [0.4, 0.5) is 11.5 Å². The molecule has 0 aliphatic carbocycles. The van der Waals surface area contributed by atoms with Gasteiger partial charge in [0.2, 0.25) is 5.91 Å². The first kappa shape index (κ1) is 18.2. The van der Waals surface area contributed by atoms with Crippen molar-refractivity contribution in [3.05, 3.63) is 60.8 Å². The lowest BCUT2D eigenvalue weighted by Crippen LogP contribution is -2.47. The van der Waals surface area contributed by atoms with Gasteiger partial charge in [0, 0.05) is 55.6 Å². The minimum absolute atomic E-state index is 0.0553. The number of piperazine rings is 1. The molecule has 0 spiro atoms. The van der Waals surface area contributed by atoms with E-state index in [1.165, 1.54) is 5.69 Å². The van der Waals surface area contributed by atoms with Crippen LogP contribution >= 0.6 is 0 Å². The molecule has 0 radical (unpaired) electrons. The Bertz CT molecular complexity index is 919. The van der Waals surface area contributed by atoms with Crippen LogP contribution in [0.3, 0.4) is 0 Å². The molecule has 2 aromatic carbocycles. The molecule has 4 rings (SSSR count). The molecule has 1 aliphatic rings. The van der Waals surface area contributed by atoms with E-state index in [4.69, 9.17) is 0 Å².